The number of likely N-dealkylation sites (tertiary alicyclic amines) is 1. The predicted octanol–water partition coefficient (Wildman–Crippen LogP) is 3.25. The van der Waals surface area contributed by atoms with Gasteiger partial charge in [-0.2, -0.15) is 0 Å². The maximum absolute atomic E-state index is 13.0. The number of aromatic nitrogens is 1. The summed E-state index contributed by atoms with van der Waals surface area (Å²) in [6, 6.07) is 10.6. The van der Waals surface area contributed by atoms with Crippen LogP contribution in [0.5, 0.6) is 0 Å². The van der Waals surface area contributed by atoms with Crippen LogP contribution in [-0.2, 0) is 0 Å². The third-order valence-electron chi connectivity index (χ3n) is 5.60. The molecule has 0 saturated carbocycles. The lowest BCUT2D eigenvalue weighted by Gasteiger charge is -2.21. The van der Waals surface area contributed by atoms with Gasteiger partial charge in [0.05, 0.1) is 5.56 Å². The maximum Gasteiger partial charge on any atom is 0.257 e. The Morgan fingerprint density at radius 2 is 1.69 bits per heavy atom. The molecule has 2 amide bonds. The van der Waals surface area contributed by atoms with Gasteiger partial charge in [-0.1, -0.05) is 6.07 Å². The summed E-state index contributed by atoms with van der Waals surface area (Å²) >= 11 is 0. The van der Waals surface area contributed by atoms with E-state index in [1.54, 1.807) is 30.5 Å². The third kappa shape index (κ3) is 5.47. The fourth-order valence-electron chi connectivity index (χ4n) is 4.03. The molecule has 2 saturated heterocycles. The van der Waals surface area contributed by atoms with Gasteiger partial charge in [-0.3, -0.25) is 14.6 Å². The Morgan fingerprint density at radius 3 is 2.34 bits per heavy atom. The van der Waals surface area contributed by atoms with E-state index in [0.717, 1.165) is 39.0 Å². The van der Waals surface area contributed by atoms with Gasteiger partial charge in [0.1, 0.15) is 0 Å². The van der Waals surface area contributed by atoms with Crippen LogP contribution in [0.3, 0.4) is 0 Å². The highest BCUT2D eigenvalue weighted by Crippen LogP contribution is 2.28. The number of carbonyl (C=O) groups is 2. The van der Waals surface area contributed by atoms with Crippen molar-refractivity contribution < 1.29 is 9.59 Å². The van der Waals surface area contributed by atoms with Crippen LogP contribution in [-0.4, -0.2) is 47.9 Å². The first-order valence-corrected chi connectivity index (χ1v) is 9.52. The van der Waals surface area contributed by atoms with Crippen LogP contribution in [0.4, 0.5) is 5.69 Å². The topological polar surface area (TPSA) is 74.3 Å². The summed E-state index contributed by atoms with van der Waals surface area (Å²) in [6.45, 7) is 3.74. The first-order valence-electron chi connectivity index (χ1n) is 9.52. The van der Waals surface area contributed by atoms with Gasteiger partial charge in [0, 0.05) is 36.7 Å². The van der Waals surface area contributed by atoms with Crippen LogP contribution in [0.2, 0.25) is 0 Å². The predicted molar refractivity (Wildman–Crippen MR) is 118 cm³/mol. The van der Waals surface area contributed by atoms with E-state index < -0.39 is 0 Å². The SMILES string of the molecule is Cl.Cl.O=C(Nc1cccc(C(=O)N2CC[C@@H]3CNC[C@@H]3CC2)c1)c1cccnc1. The molecule has 2 aliphatic rings. The summed E-state index contributed by atoms with van der Waals surface area (Å²) in [4.78, 5) is 31.2. The van der Waals surface area contributed by atoms with Crippen molar-refractivity contribution >= 4 is 42.3 Å². The second-order valence-electron chi connectivity index (χ2n) is 7.32. The van der Waals surface area contributed by atoms with E-state index >= 15 is 0 Å². The van der Waals surface area contributed by atoms with Crippen LogP contribution in [0, 0.1) is 11.8 Å². The van der Waals surface area contributed by atoms with E-state index in [1.807, 2.05) is 17.0 Å². The van der Waals surface area contributed by atoms with Gasteiger partial charge >= 0.3 is 0 Å². The summed E-state index contributed by atoms with van der Waals surface area (Å²) in [5.41, 5.74) is 1.72. The van der Waals surface area contributed by atoms with Crippen molar-refractivity contribution in [1.29, 1.82) is 0 Å². The van der Waals surface area contributed by atoms with Crippen molar-refractivity contribution in [3.05, 3.63) is 59.9 Å². The van der Waals surface area contributed by atoms with Crippen molar-refractivity contribution in [3.63, 3.8) is 0 Å². The average molecular weight is 437 g/mol. The van der Waals surface area contributed by atoms with Crippen molar-refractivity contribution in [3.8, 4) is 0 Å². The lowest BCUT2D eigenvalue weighted by molar-refractivity contribution is 0.0758. The molecule has 6 nitrogen and oxygen atoms in total. The molecule has 2 aliphatic heterocycles. The Kier molecular flexibility index (Phi) is 8.44. The molecule has 2 aromatic rings. The fourth-order valence-corrected chi connectivity index (χ4v) is 4.03. The number of hydrogen-bond donors (Lipinski definition) is 2. The average Bonchev–Trinajstić information content (AvgIpc) is 3.06. The molecule has 0 bridgehead atoms. The molecule has 29 heavy (non-hydrogen) atoms. The maximum atomic E-state index is 13.0. The minimum atomic E-state index is -0.234. The Bertz CT molecular complexity index is 820. The van der Waals surface area contributed by atoms with E-state index in [2.05, 4.69) is 15.6 Å². The largest absolute Gasteiger partial charge is 0.339 e. The molecule has 1 aromatic carbocycles. The number of pyridine rings is 1. The first-order chi connectivity index (χ1) is 13.2. The lowest BCUT2D eigenvalue weighted by atomic mass is 9.92. The zero-order valence-electron chi connectivity index (χ0n) is 16.0. The van der Waals surface area contributed by atoms with Crippen LogP contribution in [0.25, 0.3) is 0 Å². The van der Waals surface area contributed by atoms with E-state index in [-0.39, 0.29) is 36.6 Å². The monoisotopic (exact) mass is 436 g/mol. The summed E-state index contributed by atoms with van der Waals surface area (Å²) in [7, 11) is 0. The van der Waals surface area contributed by atoms with Crippen molar-refractivity contribution in [2.75, 3.05) is 31.5 Å². The summed E-state index contributed by atoms with van der Waals surface area (Å²) in [6.07, 6.45) is 5.26. The van der Waals surface area contributed by atoms with Crippen molar-refractivity contribution in [2.45, 2.75) is 12.8 Å². The number of fused-ring (bicyclic) bond motifs is 1. The second kappa shape index (κ2) is 10.6. The molecule has 1 aromatic heterocycles. The van der Waals surface area contributed by atoms with Crippen LogP contribution in [0.15, 0.2) is 48.8 Å². The highest BCUT2D eigenvalue weighted by molar-refractivity contribution is 6.04. The molecular formula is C21H26Cl2N4O2. The molecular weight excluding hydrogens is 411 g/mol. The summed E-state index contributed by atoms with van der Waals surface area (Å²) < 4.78 is 0. The zero-order valence-corrected chi connectivity index (χ0v) is 17.7. The molecule has 0 unspecified atom stereocenters. The first kappa shape index (κ1) is 23.1. The van der Waals surface area contributed by atoms with Crippen LogP contribution in [0.1, 0.15) is 33.6 Å². The van der Waals surface area contributed by atoms with Crippen molar-refractivity contribution in [1.82, 2.24) is 15.2 Å². The number of anilines is 1. The molecule has 0 radical (unpaired) electrons. The zero-order chi connectivity index (χ0) is 18.6. The Hall–Kier alpha value is -2.15. The number of carbonyl (C=O) groups excluding carboxylic acids is 2. The van der Waals surface area contributed by atoms with Gasteiger partial charge in [0.2, 0.25) is 0 Å². The van der Waals surface area contributed by atoms with Gasteiger partial charge in [0.15, 0.2) is 0 Å². The third-order valence-corrected chi connectivity index (χ3v) is 5.60. The highest BCUT2D eigenvalue weighted by atomic mass is 35.5. The summed E-state index contributed by atoms with van der Waals surface area (Å²) in [5.74, 6) is 1.18. The number of benzene rings is 1. The van der Waals surface area contributed by atoms with Crippen LogP contribution < -0.4 is 10.6 Å². The number of hydrogen-bond acceptors (Lipinski definition) is 4. The molecule has 8 heteroatoms. The molecule has 0 spiro atoms. The molecule has 4 rings (SSSR count). The van der Waals surface area contributed by atoms with Crippen molar-refractivity contribution in [2.24, 2.45) is 11.8 Å². The molecule has 2 atom stereocenters. The lowest BCUT2D eigenvalue weighted by Crippen LogP contribution is -2.32. The Morgan fingerprint density at radius 1 is 1.00 bits per heavy atom. The number of nitrogens with one attached hydrogen (secondary N) is 2. The standard InChI is InChI=1S/C21H24N4O2.2ClH/c26-20(18-4-2-8-22-14-18)24-19-5-1-3-15(11-19)21(27)25-9-6-16-12-23-13-17(16)7-10-25;;/h1-5,8,11,14,16-17,23H,6-7,9-10,12-13H2,(H,24,26);2*1H/t16-,17+;;. The number of nitrogens with zero attached hydrogens (tertiary/aromatic N) is 2. The minimum Gasteiger partial charge on any atom is -0.339 e. The number of halogens is 2. The molecule has 2 N–H and O–H groups in total. The van der Waals surface area contributed by atoms with Gasteiger partial charge in [-0.05, 0) is 68.1 Å². The number of rotatable bonds is 3. The van der Waals surface area contributed by atoms with Crippen LogP contribution >= 0.6 is 24.8 Å². The quantitative estimate of drug-likeness (QED) is 0.773. The van der Waals surface area contributed by atoms with E-state index in [4.69, 9.17) is 0 Å². The number of amides is 2. The Labute approximate surface area is 183 Å². The molecule has 2 fully saturated rings. The summed E-state index contributed by atoms with van der Waals surface area (Å²) in [5, 5.41) is 6.30. The fraction of sp³-hybridized carbons (Fsp3) is 0.381. The van der Waals surface area contributed by atoms with E-state index in [9.17, 15) is 9.59 Å². The second-order valence-corrected chi connectivity index (χ2v) is 7.32. The normalized spacial score (nSPS) is 20.5. The molecule has 0 aliphatic carbocycles. The highest BCUT2D eigenvalue weighted by Gasteiger charge is 2.31. The van der Waals surface area contributed by atoms with Gasteiger partial charge < -0.3 is 15.5 Å². The van der Waals surface area contributed by atoms with Gasteiger partial charge in [-0.25, -0.2) is 0 Å². The molecule has 3 heterocycles. The Balaban J connectivity index is 0.00000150. The smallest absolute Gasteiger partial charge is 0.257 e. The van der Waals surface area contributed by atoms with E-state index in [1.165, 1.54) is 6.20 Å². The molecule has 156 valence electrons. The minimum absolute atomic E-state index is 0. The van der Waals surface area contributed by atoms with Gasteiger partial charge in [0.25, 0.3) is 11.8 Å². The van der Waals surface area contributed by atoms with Gasteiger partial charge in [-0.15, -0.1) is 24.8 Å². The van der Waals surface area contributed by atoms with E-state index in [0.29, 0.717) is 28.7 Å².